The molecule has 1 aromatic rings. The molecular weight excluding hydrogens is 398 g/mol. The van der Waals surface area contributed by atoms with Gasteiger partial charge < -0.3 is 15.6 Å². The first kappa shape index (κ1) is 21.7. The monoisotopic (exact) mass is 425 g/mol. The summed E-state index contributed by atoms with van der Waals surface area (Å²) in [7, 11) is -3.40. The highest BCUT2D eigenvalue weighted by Crippen LogP contribution is 2.54. The van der Waals surface area contributed by atoms with E-state index in [9.17, 15) is 13.2 Å². The van der Waals surface area contributed by atoms with Crippen LogP contribution in [0.1, 0.15) is 18.4 Å². The van der Waals surface area contributed by atoms with Crippen LogP contribution in [0.25, 0.3) is 0 Å². The van der Waals surface area contributed by atoms with Gasteiger partial charge in [0, 0.05) is 31.5 Å². The van der Waals surface area contributed by atoms with Gasteiger partial charge in [0.2, 0.25) is 15.9 Å². The Morgan fingerprint density at radius 2 is 2.07 bits per heavy atom. The van der Waals surface area contributed by atoms with Crippen LogP contribution < -0.4 is 10.5 Å². The Kier molecular flexibility index (Phi) is 6.57. The molecule has 2 bridgehead atoms. The molecule has 0 unspecified atom stereocenters. The van der Waals surface area contributed by atoms with Crippen molar-refractivity contribution < 1.29 is 27.9 Å². The topological polar surface area (TPSA) is 139 Å². The first-order chi connectivity index (χ1) is 13.8. The van der Waals surface area contributed by atoms with E-state index in [2.05, 4.69) is 4.72 Å². The van der Waals surface area contributed by atoms with Crippen LogP contribution in [0.3, 0.4) is 0 Å². The van der Waals surface area contributed by atoms with E-state index < -0.39 is 10.0 Å². The predicted octanol–water partition coefficient (Wildman–Crippen LogP) is -0.228. The predicted molar refractivity (Wildman–Crippen MR) is 105 cm³/mol. The summed E-state index contributed by atoms with van der Waals surface area (Å²) in [6.45, 7) is 1.82. The number of sulfonamides is 1. The zero-order valence-corrected chi connectivity index (χ0v) is 16.9. The van der Waals surface area contributed by atoms with Crippen molar-refractivity contribution in [2.24, 2.45) is 17.6 Å². The van der Waals surface area contributed by atoms with Crippen LogP contribution in [0.15, 0.2) is 30.3 Å². The normalized spacial score (nSPS) is 30.4. The first-order valence-corrected chi connectivity index (χ1v) is 11.2. The summed E-state index contributed by atoms with van der Waals surface area (Å²) in [5.41, 5.74) is 5.87. The van der Waals surface area contributed by atoms with Crippen LogP contribution in [-0.2, 0) is 30.1 Å². The van der Waals surface area contributed by atoms with Crippen molar-refractivity contribution in [3.05, 3.63) is 35.9 Å². The number of nitrogens with one attached hydrogen (secondary N) is 1. The summed E-state index contributed by atoms with van der Waals surface area (Å²) in [5.74, 6) is 0.0404. The molecule has 0 saturated carbocycles. The number of benzene rings is 1. The number of hydrogen-bond acceptors (Lipinski definition) is 6. The number of likely N-dealkylation sites (tertiary alicyclic amines) is 1. The van der Waals surface area contributed by atoms with Gasteiger partial charge in [-0.25, -0.2) is 13.1 Å². The fourth-order valence-electron chi connectivity index (χ4n) is 4.97. The molecule has 1 spiro atoms. The number of nitrogens with two attached hydrogens (primary N) is 1. The quantitative estimate of drug-likeness (QED) is 0.513. The molecule has 1 aromatic carbocycles. The van der Waals surface area contributed by atoms with Gasteiger partial charge in [-0.1, -0.05) is 30.3 Å². The van der Waals surface area contributed by atoms with Crippen molar-refractivity contribution >= 4 is 22.4 Å². The number of primary amides is 1. The highest BCUT2D eigenvalue weighted by molar-refractivity contribution is 7.88. The Morgan fingerprint density at radius 1 is 1.38 bits per heavy atom. The number of rotatable bonds is 7. The fourth-order valence-corrected chi connectivity index (χ4v) is 6.15. The van der Waals surface area contributed by atoms with Crippen LogP contribution in [0.2, 0.25) is 0 Å². The minimum absolute atomic E-state index is 0.0182. The van der Waals surface area contributed by atoms with E-state index in [-0.39, 0.29) is 48.2 Å². The summed E-state index contributed by atoms with van der Waals surface area (Å²) < 4.78 is 33.9. The summed E-state index contributed by atoms with van der Waals surface area (Å²) in [6.07, 6.45) is 2.03. The molecule has 4 N–H and O–H groups in total. The van der Waals surface area contributed by atoms with E-state index >= 15 is 0 Å². The second-order valence-electron chi connectivity index (χ2n) is 7.86. The van der Waals surface area contributed by atoms with Crippen LogP contribution in [0.5, 0.6) is 0 Å². The maximum atomic E-state index is 12.4. The summed E-state index contributed by atoms with van der Waals surface area (Å²) >= 11 is 0. The number of carbonyl (C=O) groups is 2. The van der Waals surface area contributed by atoms with Crippen molar-refractivity contribution in [2.75, 3.05) is 26.2 Å². The number of fused-ring (bicyclic) bond motifs is 1. The molecule has 160 valence electrons. The zero-order valence-electron chi connectivity index (χ0n) is 16.1. The van der Waals surface area contributed by atoms with Crippen LogP contribution >= 0.6 is 0 Å². The lowest BCUT2D eigenvalue weighted by atomic mass is 9.74. The van der Waals surface area contributed by atoms with Gasteiger partial charge in [-0.3, -0.25) is 14.5 Å². The molecular formula is C19H27N3O6S. The summed E-state index contributed by atoms with van der Waals surface area (Å²) in [5, 5.41) is 6.89. The molecule has 29 heavy (non-hydrogen) atoms. The molecule has 3 fully saturated rings. The number of ether oxygens (including phenoxy) is 1. The van der Waals surface area contributed by atoms with Gasteiger partial charge in [0.05, 0.1) is 24.0 Å². The number of carboxylic acid groups (broad SMARTS) is 1. The minimum Gasteiger partial charge on any atom is -0.483 e. The van der Waals surface area contributed by atoms with Crippen molar-refractivity contribution in [1.82, 2.24) is 9.62 Å². The molecule has 3 aliphatic heterocycles. The maximum Gasteiger partial charge on any atom is 0.290 e. The highest BCUT2D eigenvalue weighted by Gasteiger charge is 2.62. The zero-order chi connectivity index (χ0) is 21.1. The van der Waals surface area contributed by atoms with Crippen molar-refractivity contribution in [2.45, 2.75) is 30.3 Å². The lowest BCUT2D eigenvalue weighted by molar-refractivity contribution is -0.123. The molecule has 0 radical (unpaired) electrons. The third-order valence-corrected chi connectivity index (χ3v) is 7.29. The van der Waals surface area contributed by atoms with Gasteiger partial charge in [0.1, 0.15) is 0 Å². The van der Waals surface area contributed by atoms with Crippen LogP contribution in [0.4, 0.5) is 0 Å². The smallest absolute Gasteiger partial charge is 0.290 e. The second-order valence-corrected chi connectivity index (χ2v) is 9.67. The Hall–Kier alpha value is -2.01. The van der Waals surface area contributed by atoms with Crippen LogP contribution in [-0.4, -0.2) is 68.7 Å². The van der Waals surface area contributed by atoms with E-state index in [1.807, 2.05) is 35.2 Å². The maximum absolute atomic E-state index is 12.4. The SMILES string of the molecule is NC(=O)CN1C[C@@H]2[C@H](CNS(=O)(=O)Cc3ccccc3)[C@H]3CC[C@]2(C1)O3.O=CO. The second kappa shape index (κ2) is 8.78. The number of nitrogens with zero attached hydrogens (tertiary/aromatic N) is 1. The van der Waals surface area contributed by atoms with Crippen molar-refractivity contribution in [3.8, 4) is 0 Å². The van der Waals surface area contributed by atoms with Gasteiger partial charge in [0.25, 0.3) is 6.47 Å². The van der Waals surface area contributed by atoms with Gasteiger partial charge in [-0.05, 0) is 18.4 Å². The Labute approximate surface area is 170 Å². The van der Waals surface area contributed by atoms with Gasteiger partial charge in [-0.2, -0.15) is 0 Å². The molecule has 1 amide bonds. The molecule has 3 heterocycles. The molecule has 4 atom stereocenters. The average Bonchev–Trinajstić information content (AvgIpc) is 3.28. The summed E-state index contributed by atoms with van der Waals surface area (Å²) in [6, 6.07) is 9.17. The van der Waals surface area contributed by atoms with Gasteiger partial charge in [0.15, 0.2) is 0 Å². The average molecular weight is 426 g/mol. The van der Waals surface area contributed by atoms with Crippen molar-refractivity contribution in [1.29, 1.82) is 0 Å². The molecule has 10 heteroatoms. The van der Waals surface area contributed by atoms with E-state index in [1.54, 1.807) is 0 Å². The standard InChI is InChI=1S/C18H25N3O4S.CH2O2/c19-17(22)10-21-9-15-14(16-6-7-18(15,12-21)25-16)8-20-26(23,24)11-13-4-2-1-3-5-13;2-1-3/h1-5,14-16,20H,6-12H2,(H2,19,22);1H,(H,2,3)/t14-,15+,16+,18+;/m0./s1. The molecule has 9 nitrogen and oxygen atoms in total. The Balaban J connectivity index is 0.000000755. The van der Waals surface area contributed by atoms with E-state index in [0.29, 0.717) is 13.1 Å². The highest BCUT2D eigenvalue weighted by atomic mass is 32.2. The number of amides is 1. The fraction of sp³-hybridized carbons (Fsp3) is 0.579. The molecule has 3 saturated heterocycles. The number of carbonyl (C=O) groups excluding carboxylic acids is 1. The van der Waals surface area contributed by atoms with E-state index in [1.165, 1.54) is 0 Å². The van der Waals surface area contributed by atoms with Gasteiger partial charge >= 0.3 is 0 Å². The molecule has 0 aliphatic carbocycles. The Bertz CT molecular complexity index is 834. The molecule has 4 rings (SSSR count). The van der Waals surface area contributed by atoms with Gasteiger partial charge in [-0.15, -0.1) is 0 Å². The lowest BCUT2D eigenvalue weighted by Crippen LogP contribution is -2.42. The first-order valence-electron chi connectivity index (χ1n) is 9.56. The Morgan fingerprint density at radius 3 is 2.72 bits per heavy atom. The van der Waals surface area contributed by atoms with Crippen molar-refractivity contribution in [3.63, 3.8) is 0 Å². The number of hydrogen-bond donors (Lipinski definition) is 3. The van der Waals surface area contributed by atoms with E-state index in [0.717, 1.165) is 24.9 Å². The molecule has 3 aliphatic rings. The third kappa shape index (κ3) is 4.95. The largest absolute Gasteiger partial charge is 0.483 e. The van der Waals surface area contributed by atoms with Crippen LogP contribution in [0, 0.1) is 11.8 Å². The minimum atomic E-state index is -3.40. The third-order valence-electron chi connectivity index (χ3n) is 5.97. The lowest BCUT2D eigenvalue weighted by Gasteiger charge is -2.29. The van der Waals surface area contributed by atoms with E-state index in [4.69, 9.17) is 20.4 Å². The summed E-state index contributed by atoms with van der Waals surface area (Å²) in [4.78, 5) is 21.6. The molecule has 0 aromatic heterocycles.